The first kappa shape index (κ1) is 11.9. The van der Waals surface area contributed by atoms with Crippen LogP contribution in [0.4, 0.5) is 5.82 Å². The van der Waals surface area contributed by atoms with Crippen molar-refractivity contribution >= 4 is 45.2 Å². The van der Waals surface area contributed by atoms with Crippen molar-refractivity contribution in [2.75, 3.05) is 18.0 Å². The SMILES string of the molecule is O=C1NC(=O)[C@@H]2CN(c3ncc(Cl)cc3Br)C[C@H]12. The van der Waals surface area contributed by atoms with Gasteiger partial charge in [-0.25, -0.2) is 4.98 Å². The van der Waals surface area contributed by atoms with E-state index in [4.69, 9.17) is 11.6 Å². The normalized spacial score (nSPS) is 26.4. The van der Waals surface area contributed by atoms with E-state index in [0.29, 0.717) is 18.1 Å². The van der Waals surface area contributed by atoms with E-state index in [1.807, 2.05) is 4.90 Å². The lowest BCUT2D eigenvalue weighted by Gasteiger charge is -2.19. The lowest BCUT2D eigenvalue weighted by molar-refractivity contribution is -0.126. The molecule has 1 N–H and O–H groups in total. The van der Waals surface area contributed by atoms with Gasteiger partial charge in [0.25, 0.3) is 0 Å². The molecule has 2 fully saturated rings. The van der Waals surface area contributed by atoms with Crippen molar-refractivity contribution in [1.82, 2.24) is 10.3 Å². The fourth-order valence-electron chi connectivity index (χ4n) is 2.45. The van der Waals surface area contributed by atoms with Gasteiger partial charge in [0.1, 0.15) is 5.82 Å². The minimum absolute atomic E-state index is 0.183. The monoisotopic (exact) mass is 329 g/mol. The van der Waals surface area contributed by atoms with Crippen molar-refractivity contribution in [2.24, 2.45) is 11.8 Å². The van der Waals surface area contributed by atoms with Gasteiger partial charge in [-0.3, -0.25) is 14.9 Å². The van der Waals surface area contributed by atoms with Gasteiger partial charge in [-0.15, -0.1) is 0 Å². The number of halogens is 2. The van der Waals surface area contributed by atoms with Gasteiger partial charge >= 0.3 is 0 Å². The van der Waals surface area contributed by atoms with Gasteiger partial charge in [0.05, 0.1) is 21.3 Å². The third-order valence-electron chi connectivity index (χ3n) is 3.33. The highest BCUT2D eigenvalue weighted by atomic mass is 79.9. The number of hydrogen-bond acceptors (Lipinski definition) is 4. The number of rotatable bonds is 1. The molecule has 1 aromatic rings. The number of pyridine rings is 1. The van der Waals surface area contributed by atoms with Crippen LogP contribution in [-0.2, 0) is 9.59 Å². The minimum Gasteiger partial charge on any atom is -0.354 e. The second-order valence-electron chi connectivity index (χ2n) is 4.43. The summed E-state index contributed by atoms with van der Waals surface area (Å²) in [6.07, 6.45) is 1.55. The van der Waals surface area contributed by atoms with Gasteiger partial charge in [-0.05, 0) is 22.0 Å². The van der Waals surface area contributed by atoms with E-state index in [9.17, 15) is 9.59 Å². The Bertz CT molecular complexity index is 529. The van der Waals surface area contributed by atoms with Crippen LogP contribution in [0.5, 0.6) is 0 Å². The van der Waals surface area contributed by atoms with Crippen LogP contribution in [0.2, 0.25) is 5.02 Å². The van der Waals surface area contributed by atoms with Crippen molar-refractivity contribution in [3.8, 4) is 0 Å². The van der Waals surface area contributed by atoms with Gasteiger partial charge < -0.3 is 4.90 Å². The molecule has 5 nitrogen and oxygen atoms in total. The fourth-order valence-corrected chi connectivity index (χ4v) is 3.34. The van der Waals surface area contributed by atoms with Gasteiger partial charge in [0.15, 0.2) is 0 Å². The van der Waals surface area contributed by atoms with Crippen molar-refractivity contribution in [3.05, 3.63) is 21.8 Å². The van der Waals surface area contributed by atoms with Gasteiger partial charge in [-0.1, -0.05) is 11.6 Å². The Morgan fingerprint density at radius 1 is 1.33 bits per heavy atom. The summed E-state index contributed by atoms with van der Waals surface area (Å²) in [7, 11) is 0. The Morgan fingerprint density at radius 2 is 1.94 bits per heavy atom. The van der Waals surface area contributed by atoms with E-state index in [2.05, 4.69) is 26.2 Å². The maximum Gasteiger partial charge on any atom is 0.232 e. The maximum absolute atomic E-state index is 11.6. The molecule has 0 bridgehead atoms. The molecule has 3 rings (SSSR count). The average Bonchev–Trinajstić information content (AvgIpc) is 2.82. The van der Waals surface area contributed by atoms with Crippen molar-refractivity contribution in [3.63, 3.8) is 0 Å². The molecule has 2 saturated heterocycles. The summed E-state index contributed by atoms with van der Waals surface area (Å²) < 4.78 is 0.767. The molecule has 2 aliphatic rings. The molecule has 3 heterocycles. The van der Waals surface area contributed by atoms with Crippen molar-refractivity contribution in [1.29, 1.82) is 0 Å². The number of nitrogens with zero attached hydrogens (tertiary/aromatic N) is 2. The summed E-state index contributed by atoms with van der Waals surface area (Å²) in [5.41, 5.74) is 0. The highest BCUT2D eigenvalue weighted by molar-refractivity contribution is 9.10. The number of fused-ring (bicyclic) bond motifs is 1. The third kappa shape index (κ3) is 1.80. The van der Waals surface area contributed by atoms with Crippen LogP contribution in [0, 0.1) is 11.8 Å². The number of hydrogen-bond donors (Lipinski definition) is 1. The molecule has 7 heteroatoms. The molecule has 94 valence electrons. The molecule has 2 atom stereocenters. The summed E-state index contributed by atoms with van der Waals surface area (Å²) in [5.74, 6) is -0.173. The van der Waals surface area contributed by atoms with Crippen molar-refractivity contribution < 1.29 is 9.59 Å². The first-order valence-corrected chi connectivity index (χ1v) is 6.64. The van der Waals surface area contributed by atoms with Crippen LogP contribution in [0.1, 0.15) is 0 Å². The quantitative estimate of drug-likeness (QED) is 0.786. The summed E-state index contributed by atoms with van der Waals surface area (Å²) in [6.45, 7) is 1.02. The predicted molar refractivity (Wildman–Crippen MR) is 69.3 cm³/mol. The van der Waals surface area contributed by atoms with E-state index < -0.39 is 0 Å². The minimum atomic E-state index is -0.262. The van der Waals surface area contributed by atoms with Gasteiger partial charge in [0.2, 0.25) is 11.8 Å². The van der Waals surface area contributed by atoms with E-state index in [1.54, 1.807) is 12.3 Å². The van der Waals surface area contributed by atoms with E-state index in [1.165, 1.54) is 0 Å². The van der Waals surface area contributed by atoms with Crippen LogP contribution in [-0.4, -0.2) is 29.9 Å². The number of amides is 2. The molecule has 18 heavy (non-hydrogen) atoms. The molecule has 0 saturated carbocycles. The maximum atomic E-state index is 11.6. The Hall–Kier alpha value is -1.14. The summed E-state index contributed by atoms with van der Waals surface area (Å²) in [4.78, 5) is 29.3. The second kappa shape index (κ2) is 4.20. The average molecular weight is 331 g/mol. The highest BCUT2D eigenvalue weighted by Gasteiger charge is 2.48. The number of imide groups is 1. The Balaban J connectivity index is 1.88. The zero-order valence-corrected chi connectivity index (χ0v) is 11.5. The number of anilines is 1. The zero-order chi connectivity index (χ0) is 12.9. The largest absolute Gasteiger partial charge is 0.354 e. The van der Waals surface area contributed by atoms with E-state index in [-0.39, 0.29) is 23.7 Å². The summed E-state index contributed by atoms with van der Waals surface area (Å²) >= 11 is 9.23. The fraction of sp³-hybridized carbons (Fsp3) is 0.364. The molecule has 1 aromatic heterocycles. The summed E-state index contributed by atoms with van der Waals surface area (Å²) in [5, 5.41) is 2.90. The molecule has 2 amide bonds. The van der Waals surface area contributed by atoms with Crippen LogP contribution in [0.25, 0.3) is 0 Å². The van der Waals surface area contributed by atoms with Crippen LogP contribution in [0.15, 0.2) is 16.7 Å². The molecule has 0 aromatic carbocycles. The van der Waals surface area contributed by atoms with Gasteiger partial charge in [-0.2, -0.15) is 0 Å². The molecule has 2 aliphatic heterocycles. The number of aromatic nitrogens is 1. The lowest BCUT2D eigenvalue weighted by atomic mass is 10.00. The highest BCUT2D eigenvalue weighted by Crippen LogP contribution is 2.34. The molecule has 0 spiro atoms. The Labute approximate surface area is 117 Å². The zero-order valence-electron chi connectivity index (χ0n) is 9.19. The first-order valence-electron chi connectivity index (χ1n) is 5.47. The first-order chi connectivity index (χ1) is 8.56. The van der Waals surface area contributed by atoms with Gasteiger partial charge in [0, 0.05) is 19.3 Å². The Kier molecular flexibility index (Phi) is 2.79. The standard InChI is InChI=1S/C11H9BrClN3O2/c12-8-1-5(13)2-14-9(8)16-3-6-7(4-16)11(18)15-10(6)17/h1-2,6-7H,3-4H2,(H,15,17,18)/t6-,7+. The molecule has 0 aliphatic carbocycles. The third-order valence-corrected chi connectivity index (χ3v) is 4.12. The second-order valence-corrected chi connectivity index (χ2v) is 5.72. The molecular formula is C11H9BrClN3O2. The van der Waals surface area contributed by atoms with Crippen LogP contribution < -0.4 is 10.2 Å². The molecule has 0 radical (unpaired) electrons. The number of nitrogens with one attached hydrogen (secondary N) is 1. The topological polar surface area (TPSA) is 62.3 Å². The van der Waals surface area contributed by atoms with Crippen molar-refractivity contribution in [2.45, 2.75) is 0 Å². The molecule has 0 unspecified atom stereocenters. The number of carbonyl (C=O) groups is 2. The summed E-state index contributed by atoms with van der Waals surface area (Å²) in [6, 6.07) is 1.75. The Morgan fingerprint density at radius 3 is 2.50 bits per heavy atom. The smallest absolute Gasteiger partial charge is 0.232 e. The van der Waals surface area contributed by atoms with E-state index >= 15 is 0 Å². The number of carbonyl (C=O) groups excluding carboxylic acids is 2. The lowest BCUT2D eigenvalue weighted by Crippen LogP contribution is -2.31. The molecular weight excluding hydrogens is 321 g/mol. The van der Waals surface area contributed by atoms with Crippen LogP contribution in [0.3, 0.4) is 0 Å². The van der Waals surface area contributed by atoms with Crippen LogP contribution >= 0.6 is 27.5 Å². The van der Waals surface area contributed by atoms with E-state index in [0.717, 1.165) is 10.3 Å². The predicted octanol–water partition coefficient (Wildman–Crippen LogP) is 1.21.